The Morgan fingerprint density at radius 3 is 1.52 bits per heavy atom. The minimum absolute atomic E-state index is 0.123. The molecule has 9 nitrogen and oxygen atoms in total. The molecule has 0 radical (unpaired) electrons. The van der Waals surface area contributed by atoms with E-state index in [1.807, 2.05) is 0 Å². The van der Waals surface area contributed by atoms with E-state index in [4.69, 9.17) is 23.7 Å². The molecule has 0 atom stereocenters. The molecule has 2 aromatic carbocycles. The minimum atomic E-state index is -0.681. The highest BCUT2D eigenvalue weighted by Crippen LogP contribution is 2.40. The lowest BCUT2D eigenvalue weighted by Gasteiger charge is -2.14. The van der Waals surface area contributed by atoms with Crippen LogP contribution in [-0.2, 0) is 19.1 Å². The fraction of sp³-hybridized carbons (Fsp3) is 0.292. The fourth-order valence-corrected chi connectivity index (χ4v) is 3.57. The molecule has 3 rings (SSSR count). The lowest BCUT2D eigenvalue weighted by molar-refractivity contribution is -0.150. The number of hydrogen-bond acceptors (Lipinski definition) is 8. The predicted molar refractivity (Wildman–Crippen MR) is 119 cm³/mol. The maximum absolute atomic E-state index is 13.4. The van der Waals surface area contributed by atoms with Crippen LogP contribution < -0.4 is 18.9 Å². The van der Waals surface area contributed by atoms with Crippen molar-refractivity contribution >= 4 is 28.9 Å². The highest BCUT2D eigenvalue weighted by atomic mass is 16.5. The summed E-state index contributed by atoms with van der Waals surface area (Å²) in [4.78, 5) is 39.7. The topological polar surface area (TPSA) is 101 Å². The Hall–Kier alpha value is -4.01. The van der Waals surface area contributed by atoms with E-state index in [1.54, 1.807) is 43.3 Å². The van der Waals surface area contributed by atoms with E-state index in [-0.39, 0.29) is 17.8 Å². The molecule has 0 saturated carbocycles. The third kappa shape index (κ3) is 4.48. The van der Waals surface area contributed by atoms with E-state index in [0.717, 1.165) is 4.90 Å². The van der Waals surface area contributed by atoms with Gasteiger partial charge >= 0.3 is 5.97 Å². The lowest BCUT2D eigenvalue weighted by Crippen LogP contribution is -2.37. The molecule has 2 amide bonds. The maximum Gasteiger partial charge on any atom is 0.326 e. The summed E-state index contributed by atoms with van der Waals surface area (Å²) in [5.74, 6) is -0.213. The third-order valence-corrected chi connectivity index (χ3v) is 5.11. The van der Waals surface area contributed by atoms with Gasteiger partial charge in [0.05, 0.1) is 46.2 Å². The molecule has 1 aliphatic heterocycles. The second kappa shape index (κ2) is 10.1. The molecule has 0 saturated heterocycles. The summed E-state index contributed by atoms with van der Waals surface area (Å²) in [7, 11) is 5.94. The van der Waals surface area contributed by atoms with Gasteiger partial charge in [0.2, 0.25) is 0 Å². The number of rotatable bonds is 9. The van der Waals surface area contributed by atoms with Gasteiger partial charge in [-0.15, -0.1) is 0 Å². The molecule has 1 heterocycles. The number of benzene rings is 2. The molecule has 9 heteroatoms. The molecule has 0 bridgehead atoms. The molecule has 0 spiro atoms. The first-order chi connectivity index (χ1) is 15.9. The Kier molecular flexibility index (Phi) is 7.22. The van der Waals surface area contributed by atoms with Crippen molar-refractivity contribution in [3.05, 3.63) is 47.5 Å². The Labute approximate surface area is 191 Å². The van der Waals surface area contributed by atoms with Crippen LogP contribution in [0.25, 0.3) is 11.1 Å². The quantitative estimate of drug-likeness (QED) is 0.420. The predicted octanol–water partition coefficient (Wildman–Crippen LogP) is 2.56. The molecule has 0 unspecified atom stereocenters. The molecule has 174 valence electrons. The Morgan fingerprint density at radius 2 is 1.15 bits per heavy atom. The minimum Gasteiger partial charge on any atom is -0.493 e. The monoisotopic (exact) mass is 455 g/mol. The molecule has 33 heavy (non-hydrogen) atoms. The third-order valence-electron chi connectivity index (χ3n) is 5.11. The second-order valence-electron chi connectivity index (χ2n) is 6.89. The molecule has 0 aromatic heterocycles. The van der Waals surface area contributed by atoms with Crippen LogP contribution in [0.5, 0.6) is 23.0 Å². The van der Waals surface area contributed by atoms with Crippen LogP contribution in [0, 0.1) is 0 Å². The highest BCUT2D eigenvalue weighted by Gasteiger charge is 2.41. The van der Waals surface area contributed by atoms with Crippen molar-refractivity contribution in [2.75, 3.05) is 41.6 Å². The average Bonchev–Trinajstić information content (AvgIpc) is 3.07. The number of ether oxygens (including phenoxy) is 5. The van der Waals surface area contributed by atoms with Gasteiger partial charge in [0.15, 0.2) is 23.0 Å². The first kappa shape index (κ1) is 23.6. The van der Waals surface area contributed by atoms with Crippen molar-refractivity contribution in [1.29, 1.82) is 0 Å². The number of esters is 1. The van der Waals surface area contributed by atoms with Gasteiger partial charge in [0.1, 0.15) is 6.54 Å². The highest BCUT2D eigenvalue weighted by molar-refractivity contribution is 6.49. The molecule has 0 aliphatic carbocycles. The Balaban J connectivity index is 2.20. The van der Waals surface area contributed by atoms with Gasteiger partial charge in [-0.1, -0.05) is 12.1 Å². The number of nitrogens with zero attached hydrogens (tertiary/aromatic N) is 1. The molecule has 1 aliphatic rings. The smallest absolute Gasteiger partial charge is 0.326 e. The SMILES string of the molecule is CCOC(=O)CN1C(=O)C(c2ccc(OC)c(OC)c2)=C(c2ccc(OC)c(OC)c2)C1=O. The maximum atomic E-state index is 13.4. The number of amides is 2. The van der Waals surface area contributed by atoms with E-state index in [9.17, 15) is 14.4 Å². The van der Waals surface area contributed by atoms with Crippen LogP contribution in [0.15, 0.2) is 36.4 Å². The first-order valence-electron chi connectivity index (χ1n) is 10.1. The van der Waals surface area contributed by atoms with Crippen molar-refractivity contribution in [3.63, 3.8) is 0 Å². The summed E-state index contributed by atoms with van der Waals surface area (Å²) in [6, 6.07) is 9.78. The summed E-state index contributed by atoms with van der Waals surface area (Å²) in [5.41, 5.74) is 1.11. The van der Waals surface area contributed by atoms with Crippen molar-refractivity contribution < 1.29 is 38.1 Å². The summed E-state index contributed by atoms with van der Waals surface area (Å²) in [6.07, 6.45) is 0. The van der Waals surface area contributed by atoms with Crippen LogP contribution >= 0.6 is 0 Å². The van der Waals surface area contributed by atoms with Gasteiger partial charge in [-0.2, -0.15) is 0 Å². The van der Waals surface area contributed by atoms with Crippen LogP contribution in [0.1, 0.15) is 18.1 Å². The van der Waals surface area contributed by atoms with Crippen molar-refractivity contribution in [1.82, 2.24) is 4.90 Å². The number of carbonyl (C=O) groups excluding carboxylic acids is 3. The number of methoxy groups -OCH3 is 4. The zero-order valence-electron chi connectivity index (χ0n) is 19.1. The van der Waals surface area contributed by atoms with Gasteiger partial charge in [-0.3, -0.25) is 19.3 Å². The standard InChI is InChI=1S/C24H25NO8/c1-6-33-20(26)13-25-23(27)21(14-7-9-16(29-2)18(11-14)31-4)22(24(25)28)15-8-10-17(30-3)19(12-15)32-5/h7-12H,6,13H2,1-5H3. The van der Waals surface area contributed by atoms with Gasteiger partial charge in [0.25, 0.3) is 11.8 Å². The van der Waals surface area contributed by atoms with E-state index in [1.165, 1.54) is 28.4 Å². The molecule has 2 aromatic rings. The van der Waals surface area contributed by atoms with E-state index >= 15 is 0 Å². The normalized spacial score (nSPS) is 13.3. The fourth-order valence-electron chi connectivity index (χ4n) is 3.57. The number of imide groups is 1. The number of carbonyl (C=O) groups is 3. The molecular formula is C24H25NO8. The van der Waals surface area contributed by atoms with Crippen molar-refractivity contribution in [2.24, 2.45) is 0 Å². The van der Waals surface area contributed by atoms with Gasteiger partial charge in [-0.05, 0) is 42.3 Å². The summed E-state index contributed by atoms with van der Waals surface area (Å²) in [6.45, 7) is 1.28. The average molecular weight is 455 g/mol. The van der Waals surface area contributed by atoms with Crippen LogP contribution in [0.3, 0.4) is 0 Å². The number of hydrogen-bond donors (Lipinski definition) is 0. The zero-order valence-corrected chi connectivity index (χ0v) is 19.1. The Morgan fingerprint density at radius 1 is 0.727 bits per heavy atom. The molecule has 0 N–H and O–H groups in total. The largest absolute Gasteiger partial charge is 0.493 e. The van der Waals surface area contributed by atoms with Gasteiger partial charge in [0, 0.05) is 0 Å². The van der Waals surface area contributed by atoms with Crippen LogP contribution in [-0.4, -0.2) is 64.3 Å². The van der Waals surface area contributed by atoms with Gasteiger partial charge in [-0.25, -0.2) is 0 Å². The second-order valence-corrected chi connectivity index (χ2v) is 6.89. The Bertz CT molecular complexity index is 1040. The summed E-state index contributed by atoms with van der Waals surface area (Å²) >= 11 is 0. The van der Waals surface area contributed by atoms with E-state index in [0.29, 0.717) is 34.1 Å². The van der Waals surface area contributed by atoms with E-state index in [2.05, 4.69) is 0 Å². The van der Waals surface area contributed by atoms with Crippen LogP contribution in [0.4, 0.5) is 0 Å². The summed E-state index contributed by atoms with van der Waals surface area (Å²) < 4.78 is 26.2. The van der Waals surface area contributed by atoms with Crippen molar-refractivity contribution in [3.8, 4) is 23.0 Å². The van der Waals surface area contributed by atoms with Crippen molar-refractivity contribution in [2.45, 2.75) is 6.92 Å². The lowest BCUT2D eigenvalue weighted by atomic mass is 9.95. The summed E-state index contributed by atoms with van der Waals surface area (Å²) in [5, 5.41) is 0. The zero-order chi connectivity index (χ0) is 24.1. The van der Waals surface area contributed by atoms with Gasteiger partial charge < -0.3 is 23.7 Å². The van der Waals surface area contributed by atoms with E-state index < -0.39 is 24.3 Å². The molecule has 0 fully saturated rings. The molecular weight excluding hydrogens is 430 g/mol. The van der Waals surface area contributed by atoms with Crippen LogP contribution in [0.2, 0.25) is 0 Å². The first-order valence-corrected chi connectivity index (χ1v) is 10.1.